The maximum Gasteiger partial charge on any atom is 0.155 e. The van der Waals surface area contributed by atoms with Gasteiger partial charge in [-0.05, 0) is 44.2 Å². The quantitative estimate of drug-likeness (QED) is 0.794. The van der Waals surface area contributed by atoms with E-state index in [1.165, 1.54) is 6.20 Å². The number of nitrogens with zero attached hydrogens (tertiary/aromatic N) is 4. The molecule has 0 amide bonds. The van der Waals surface area contributed by atoms with Crippen LogP contribution in [0.15, 0.2) is 18.3 Å². The first-order valence-corrected chi connectivity index (χ1v) is 8.74. The summed E-state index contributed by atoms with van der Waals surface area (Å²) in [5.74, 6) is 0.877. The minimum atomic E-state index is -0.899. The van der Waals surface area contributed by atoms with Crippen molar-refractivity contribution < 1.29 is 9.50 Å². The fourth-order valence-corrected chi connectivity index (χ4v) is 3.74. The van der Waals surface area contributed by atoms with Crippen LogP contribution in [0.5, 0.6) is 0 Å². The van der Waals surface area contributed by atoms with Crippen molar-refractivity contribution >= 4 is 11.0 Å². The molecule has 3 aromatic heterocycles. The number of aromatic nitrogens is 4. The smallest absolute Gasteiger partial charge is 0.155 e. The molecule has 1 aliphatic carbocycles. The molecule has 3 heterocycles. The van der Waals surface area contributed by atoms with Crippen LogP contribution in [-0.4, -0.2) is 24.6 Å². The molecule has 130 valence electrons. The second kappa shape index (κ2) is 5.59. The molecule has 0 aliphatic heterocycles. The first-order valence-electron chi connectivity index (χ1n) is 8.74. The third kappa shape index (κ3) is 2.28. The number of aliphatic hydroxyl groups is 1. The van der Waals surface area contributed by atoms with Crippen molar-refractivity contribution in [3.05, 3.63) is 46.9 Å². The van der Waals surface area contributed by atoms with Crippen LogP contribution in [0.2, 0.25) is 0 Å². The molecular weight excluding hydrogens is 319 g/mol. The van der Waals surface area contributed by atoms with Gasteiger partial charge in [0, 0.05) is 6.20 Å². The first kappa shape index (κ1) is 16.1. The summed E-state index contributed by atoms with van der Waals surface area (Å²) in [7, 11) is 0. The molecule has 0 saturated heterocycles. The maximum absolute atomic E-state index is 14.8. The topological polar surface area (TPSA) is 63.8 Å². The van der Waals surface area contributed by atoms with E-state index in [0.717, 1.165) is 12.0 Å². The summed E-state index contributed by atoms with van der Waals surface area (Å²) in [6.45, 7) is 5.65. The maximum atomic E-state index is 14.8. The first-order chi connectivity index (χ1) is 12.0. The molecule has 1 N–H and O–H groups in total. The zero-order valence-corrected chi connectivity index (χ0v) is 14.7. The van der Waals surface area contributed by atoms with Gasteiger partial charge in [0.2, 0.25) is 0 Å². The number of hydrogen-bond acceptors (Lipinski definition) is 4. The van der Waals surface area contributed by atoms with E-state index < -0.39 is 5.60 Å². The second-order valence-electron chi connectivity index (χ2n) is 6.67. The summed E-state index contributed by atoms with van der Waals surface area (Å²) in [5, 5.41) is 11.2. The molecule has 5 nitrogen and oxygen atoms in total. The average molecular weight is 340 g/mol. The SMILES string of the molecule is CCc1c(F)c2cnc(C)nc2n1-c1ccc2c(n1)[C@@](O)(CC)CC2. The van der Waals surface area contributed by atoms with Crippen molar-refractivity contribution in [3.8, 4) is 5.82 Å². The molecule has 0 spiro atoms. The highest BCUT2D eigenvalue weighted by molar-refractivity contribution is 5.79. The largest absolute Gasteiger partial charge is 0.384 e. The lowest BCUT2D eigenvalue weighted by Crippen LogP contribution is -2.22. The number of rotatable bonds is 3. The van der Waals surface area contributed by atoms with Crippen LogP contribution in [0.1, 0.15) is 49.5 Å². The van der Waals surface area contributed by atoms with Crippen molar-refractivity contribution in [2.75, 3.05) is 0 Å². The molecule has 6 heteroatoms. The van der Waals surface area contributed by atoms with Gasteiger partial charge in [-0.1, -0.05) is 19.9 Å². The molecule has 0 unspecified atom stereocenters. The molecule has 1 atom stereocenters. The Morgan fingerprint density at radius 2 is 2.08 bits per heavy atom. The number of halogens is 1. The Kier molecular flexibility index (Phi) is 3.61. The summed E-state index contributed by atoms with van der Waals surface area (Å²) in [6, 6.07) is 3.87. The predicted molar refractivity (Wildman–Crippen MR) is 93.2 cm³/mol. The molecule has 3 aromatic rings. The van der Waals surface area contributed by atoms with E-state index >= 15 is 0 Å². The normalized spacial score (nSPS) is 19.6. The molecular formula is C19H21FN4O. The van der Waals surface area contributed by atoms with Gasteiger partial charge in [-0.25, -0.2) is 19.3 Å². The Hall–Kier alpha value is -2.34. The summed E-state index contributed by atoms with van der Waals surface area (Å²) in [6.07, 6.45) is 4.14. The van der Waals surface area contributed by atoms with E-state index in [2.05, 4.69) is 9.97 Å². The van der Waals surface area contributed by atoms with Gasteiger partial charge in [0.25, 0.3) is 0 Å². The van der Waals surface area contributed by atoms with Crippen LogP contribution < -0.4 is 0 Å². The monoisotopic (exact) mass is 340 g/mol. The summed E-state index contributed by atoms with van der Waals surface area (Å²) >= 11 is 0. The molecule has 4 rings (SSSR count). The Labute approximate surface area is 145 Å². The second-order valence-corrected chi connectivity index (χ2v) is 6.67. The van der Waals surface area contributed by atoms with Gasteiger partial charge >= 0.3 is 0 Å². The zero-order valence-electron chi connectivity index (χ0n) is 14.7. The van der Waals surface area contributed by atoms with Gasteiger partial charge in [-0.3, -0.25) is 4.57 Å². The Balaban J connectivity index is 2.00. The summed E-state index contributed by atoms with van der Waals surface area (Å²) < 4.78 is 16.6. The molecule has 1 aliphatic rings. The minimum absolute atomic E-state index is 0.300. The van der Waals surface area contributed by atoms with Crippen LogP contribution >= 0.6 is 0 Å². The van der Waals surface area contributed by atoms with Crippen molar-refractivity contribution in [1.29, 1.82) is 0 Å². The lowest BCUT2D eigenvalue weighted by atomic mass is 9.98. The molecule has 0 fully saturated rings. The summed E-state index contributed by atoms with van der Waals surface area (Å²) in [4.78, 5) is 13.3. The van der Waals surface area contributed by atoms with E-state index in [1.54, 1.807) is 11.5 Å². The van der Waals surface area contributed by atoms with Crippen LogP contribution in [0.4, 0.5) is 4.39 Å². The van der Waals surface area contributed by atoms with E-state index in [0.29, 0.717) is 53.3 Å². The molecule has 0 saturated carbocycles. The predicted octanol–water partition coefficient (Wildman–Crippen LogP) is 3.37. The standard InChI is InChI=1S/C19H21FN4O/c1-4-14-16(20)13-10-21-11(3)22-18(13)24(14)15-7-6-12-8-9-19(25,5-2)17(12)23-15/h6-7,10,25H,4-5,8-9H2,1-3H3/t19-/m1/s1. The van der Waals surface area contributed by atoms with Crippen molar-refractivity contribution in [2.24, 2.45) is 0 Å². The molecule has 0 aromatic carbocycles. The van der Waals surface area contributed by atoms with Crippen molar-refractivity contribution in [2.45, 2.75) is 52.1 Å². The van der Waals surface area contributed by atoms with E-state index in [9.17, 15) is 9.50 Å². The number of fused-ring (bicyclic) bond motifs is 2. The number of hydrogen-bond donors (Lipinski definition) is 1. The van der Waals surface area contributed by atoms with Crippen LogP contribution in [0, 0.1) is 12.7 Å². The van der Waals surface area contributed by atoms with Crippen LogP contribution in [0.3, 0.4) is 0 Å². The van der Waals surface area contributed by atoms with E-state index in [4.69, 9.17) is 4.98 Å². The van der Waals surface area contributed by atoms with Gasteiger partial charge in [0.1, 0.15) is 17.2 Å². The Morgan fingerprint density at radius 3 is 2.80 bits per heavy atom. The fourth-order valence-electron chi connectivity index (χ4n) is 3.74. The highest BCUT2D eigenvalue weighted by Crippen LogP contribution is 2.39. The molecule has 25 heavy (non-hydrogen) atoms. The van der Waals surface area contributed by atoms with Crippen molar-refractivity contribution in [1.82, 2.24) is 19.5 Å². The van der Waals surface area contributed by atoms with E-state index in [-0.39, 0.29) is 5.82 Å². The Morgan fingerprint density at radius 1 is 1.28 bits per heavy atom. The van der Waals surface area contributed by atoms with E-state index in [1.807, 2.05) is 26.0 Å². The van der Waals surface area contributed by atoms with Gasteiger partial charge in [0.05, 0.1) is 16.8 Å². The Bertz CT molecular complexity index is 981. The summed E-state index contributed by atoms with van der Waals surface area (Å²) in [5.41, 5.74) is 1.92. The minimum Gasteiger partial charge on any atom is -0.384 e. The lowest BCUT2D eigenvalue weighted by Gasteiger charge is -2.21. The highest BCUT2D eigenvalue weighted by atomic mass is 19.1. The van der Waals surface area contributed by atoms with Gasteiger partial charge in [0.15, 0.2) is 11.5 Å². The third-order valence-corrected chi connectivity index (χ3v) is 5.22. The lowest BCUT2D eigenvalue weighted by molar-refractivity contribution is 0.0306. The molecule has 0 radical (unpaired) electrons. The number of pyridine rings is 1. The van der Waals surface area contributed by atoms with Crippen molar-refractivity contribution in [3.63, 3.8) is 0 Å². The van der Waals surface area contributed by atoms with Crippen LogP contribution in [-0.2, 0) is 18.4 Å². The third-order valence-electron chi connectivity index (χ3n) is 5.22. The van der Waals surface area contributed by atoms with Gasteiger partial charge in [-0.15, -0.1) is 0 Å². The van der Waals surface area contributed by atoms with Crippen LogP contribution in [0.25, 0.3) is 16.9 Å². The van der Waals surface area contributed by atoms with Gasteiger partial charge < -0.3 is 5.11 Å². The fraction of sp³-hybridized carbons (Fsp3) is 0.421. The number of aryl methyl sites for hydroxylation is 2. The zero-order chi connectivity index (χ0) is 17.8. The molecule has 0 bridgehead atoms. The highest BCUT2D eigenvalue weighted by Gasteiger charge is 2.37. The average Bonchev–Trinajstić information content (AvgIpc) is 3.09. The van der Waals surface area contributed by atoms with Gasteiger partial charge in [-0.2, -0.15) is 0 Å².